The normalized spacial score (nSPS) is 23.3. The zero-order valence-electron chi connectivity index (χ0n) is 20.1. The second kappa shape index (κ2) is 10.1. The van der Waals surface area contributed by atoms with Gasteiger partial charge in [0.1, 0.15) is 5.75 Å². The fourth-order valence-corrected chi connectivity index (χ4v) is 5.45. The molecule has 1 saturated carbocycles. The minimum Gasteiger partial charge on any atom is -0.497 e. The molecule has 1 atom stereocenters. The van der Waals surface area contributed by atoms with Gasteiger partial charge >= 0.3 is 6.01 Å². The summed E-state index contributed by atoms with van der Waals surface area (Å²) < 4.78 is 36.8. The smallest absolute Gasteiger partial charge is 0.324 e. The van der Waals surface area contributed by atoms with E-state index in [9.17, 15) is 13.6 Å². The van der Waals surface area contributed by atoms with Gasteiger partial charge in [0.15, 0.2) is 0 Å². The number of piperidine rings is 1. The Labute approximate surface area is 204 Å². The Balaban J connectivity index is 1.03. The molecule has 1 aromatic heterocycles. The summed E-state index contributed by atoms with van der Waals surface area (Å²) in [5.74, 6) is -0.557. The van der Waals surface area contributed by atoms with Crippen LogP contribution in [0.2, 0.25) is 0 Å². The average Bonchev–Trinajstić information content (AvgIpc) is 3.52. The molecule has 0 bridgehead atoms. The summed E-state index contributed by atoms with van der Waals surface area (Å²) in [6.07, 6.45) is 2.53. The van der Waals surface area contributed by atoms with Gasteiger partial charge in [0.2, 0.25) is 17.7 Å². The number of alkyl halides is 2. The van der Waals surface area contributed by atoms with Crippen LogP contribution in [-0.2, 0) is 4.79 Å². The van der Waals surface area contributed by atoms with Crippen molar-refractivity contribution in [3.05, 3.63) is 24.3 Å². The molecule has 0 radical (unpaired) electrons. The number of halogens is 2. The van der Waals surface area contributed by atoms with Crippen LogP contribution in [0, 0.1) is 17.8 Å². The number of ether oxygens (including phenoxy) is 1. The standard InChI is InChI=1S/C25H33F2N5O3/c1-34-21-4-2-19(3-5-21)22-29-24(35-30-22)32-10-7-20(8-11-32)23(33)28-14-17-6-9-31(15-17)16-18-12-25(26,27)13-18/h2-5,17-18,20H,6-16H2,1H3,(H,28,33). The number of carbonyl (C=O) groups is 1. The Hall–Kier alpha value is -2.75. The SMILES string of the molecule is COc1ccc(-c2noc(N3CCC(C(=O)NCC4CCN(CC5CC(F)(F)C5)C4)CC3)n2)cc1. The van der Waals surface area contributed by atoms with Crippen molar-refractivity contribution in [2.75, 3.05) is 51.3 Å². The Kier molecular flexibility index (Phi) is 6.91. The van der Waals surface area contributed by atoms with Crippen molar-refractivity contribution in [3.8, 4) is 17.1 Å². The number of benzene rings is 1. The van der Waals surface area contributed by atoms with Gasteiger partial charge in [-0.1, -0.05) is 5.16 Å². The summed E-state index contributed by atoms with van der Waals surface area (Å²) in [4.78, 5) is 21.6. The Morgan fingerprint density at radius 2 is 1.89 bits per heavy atom. The number of nitrogens with one attached hydrogen (secondary N) is 1. The Morgan fingerprint density at radius 1 is 1.14 bits per heavy atom. The number of aromatic nitrogens is 2. The lowest BCUT2D eigenvalue weighted by Gasteiger charge is -2.37. The molecule has 190 valence electrons. The second-order valence-electron chi connectivity index (χ2n) is 10.2. The highest BCUT2D eigenvalue weighted by Crippen LogP contribution is 2.43. The molecule has 2 saturated heterocycles. The topological polar surface area (TPSA) is 83.7 Å². The van der Waals surface area contributed by atoms with Gasteiger partial charge in [0, 0.05) is 57.0 Å². The third-order valence-corrected chi connectivity index (χ3v) is 7.53. The molecule has 1 aliphatic carbocycles. The van der Waals surface area contributed by atoms with Gasteiger partial charge < -0.3 is 24.4 Å². The van der Waals surface area contributed by atoms with Gasteiger partial charge in [-0.25, -0.2) is 8.78 Å². The molecule has 1 amide bonds. The molecule has 0 spiro atoms. The molecule has 8 nitrogen and oxygen atoms in total. The first-order valence-corrected chi connectivity index (χ1v) is 12.5. The summed E-state index contributed by atoms with van der Waals surface area (Å²) in [6.45, 7) is 4.61. The van der Waals surface area contributed by atoms with E-state index in [1.807, 2.05) is 29.2 Å². The van der Waals surface area contributed by atoms with E-state index in [0.717, 1.165) is 50.2 Å². The summed E-state index contributed by atoms with van der Waals surface area (Å²) in [5, 5.41) is 7.23. The van der Waals surface area contributed by atoms with E-state index < -0.39 is 5.92 Å². The Bertz CT molecular complexity index is 999. The predicted molar refractivity (Wildman–Crippen MR) is 126 cm³/mol. The van der Waals surface area contributed by atoms with Crippen molar-refractivity contribution in [1.29, 1.82) is 0 Å². The van der Waals surface area contributed by atoms with Crippen LogP contribution in [0.5, 0.6) is 5.75 Å². The van der Waals surface area contributed by atoms with E-state index in [1.54, 1.807) is 7.11 Å². The van der Waals surface area contributed by atoms with Gasteiger partial charge in [-0.2, -0.15) is 4.98 Å². The zero-order valence-corrected chi connectivity index (χ0v) is 20.1. The molecule has 3 fully saturated rings. The van der Waals surface area contributed by atoms with Crippen LogP contribution in [0.25, 0.3) is 11.4 Å². The number of hydrogen-bond acceptors (Lipinski definition) is 7. The minimum absolute atomic E-state index is 0.0232. The maximum atomic E-state index is 13.1. The lowest BCUT2D eigenvalue weighted by molar-refractivity contribution is -0.125. The summed E-state index contributed by atoms with van der Waals surface area (Å²) in [5.41, 5.74) is 0.853. The number of methoxy groups -OCH3 is 1. The number of hydrogen-bond donors (Lipinski definition) is 1. The maximum absolute atomic E-state index is 13.1. The van der Waals surface area contributed by atoms with E-state index >= 15 is 0 Å². The molecule has 5 rings (SSSR count). The van der Waals surface area contributed by atoms with Crippen LogP contribution >= 0.6 is 0 Å². The molecule has 3 heterocycles. The highest BCUT2D eigenvalue weighted by Gasteiger charge is 2.46. The van der Waals surface area contributed by atoms with Crippen molar-refractivity contribution >= 4 is 11.9 Å². The van der Waals surface area contributed by atoms with Crippen molar-refractivity contribution in [1.82, 2.24) is 20.4 Å². The molecule has 35 heavy (non-hydrogen) atoms. The van der Waals surface area contributed by atoms with E-state index in [1.165, 1.54) is 0 Å². The van der Waals surface area contributed by atoms with Crippen molar-refractivity contribution in [2.45, 2.75) is 38.0 Å². The third kappa shape index (κ3) is 5.74. The van der Waals surface area contributed by atoms with Crippen molar-refractivity contribution < 1.29 is 22.8 Å². The largest absolute Gasteiger partial charge is 0.497 e. The summed E-state index contributed by atoms with van der Waals surface area (Å²) in [7, 11) is 1.62. The third-order valence-electron chi connectivity index (χ3n) is 7.53. The molecule has 1 N–H and O–H groups in total. The van der Waals surface area contributed by atoms with Crippen LogP contribution in [0.1, 0.15) is 32.1 Å². The molecule has 2 aliphatic heterocycles. The van der Waals surface area contributed by atoms with Gasteiger partial charge in [-0.05, 0) is 61.9 Å². The number of anilines is 1. The zero-order chi connectivity index (χ0) is 24.4. The number of carbonyl (C=O) groups excluding carboxylic acids is 1. The van der Waals surface area contributed by atoms with E-state index in [2.05, 4.69) is 20.4 Å². The van der Waals surface area contributed by atoms with Crippen LogP contribution in [0.15, 0.2) is 28.8 Å². The first-order valence-electron chi connectivity index (χ1n) is 12.5. The molecular weight excluding hydrogens is 456 g/mol. The van der Waals surface area contributed by atoms with Crippen molar-refractivity contribution in [2.24, 2.45) is 17.8 Å². The van der Waals surface area contributed by atoms with E-state index in [4.69, 9.17) is 9.26 Å². The fourth-order valence-electron chi connectivity index (χ4n) is 5.45. The van der Waals surface area contributed by atoms with Crippen LogP contribution in [0.3, 0.4) is 0 Å². The van der Waals surface area contributed by atoms with Crippen LogP contribution in [-0.4, -0.2) is 73.2 Å². The number of rotatable bonds is 8. The minimum atomic E-state index is -2.45. The maximum Gasteiger partial charge on any atom is 0.324 e. The fraction of sp³-hybridized carbons (Fsp3) is 0.640. The second-order valence-corrected chi connectivity index (χ2v) is 10.2. The van der Waals surface area contributed by atoms with Gasteiger partial charge in [0.25, 0.3) is 0 Å². The molecule has 3 aliphatic rings. The van der Waals surface area contributed by atoms with Crippen LogP contribution in [0.4, 0.5) is 14.8 Å². The highest BCUT2D eigenvalue weighted by atomic mass is 19.3. The van der Waals surface area contributed by atoms with Crippen molar-refractivity contribution in [3.63, 3.8) is 0 Å². The van der Waals surface area contributed by atoms with E-state index in [0.29, 0.717) is 37.4 Å². The summed E-state index contributed by atoms with van der Waals surface area (Å²) >= 11 is 0. The number of likely N-dealkylation sites (tertiary alicyclic amines) is 1. The first-order chi connectivity index (χ1) is 16.9. The molecule has 1 unspecified atom stereocenters. The summed E-state index contributed by atoms with van der Waals surface area (Å²) in [6, 6.07) is 7.96. The lowest BCUT2D eigenvalue weighted by atomic mass is 9.81. The molecule has 1 aromatic carbocycles. The quantitative estimate of drug-likeness (QED) is 0.608. The number of nitrogens with zero attached hydrogens (tertiary/aromatic N) is 4. The molecule has 2 aromatic rings. The van der Waals surface area contributed by atoms with Gasteiger partial charge in [-0.3, -0.25) is 4.79 Å². The molecular formula is C25H33F2N5O3. The monoisotopic (exact) mass is 489 g/mol. The van der Waals surface area contributed by atoms with Gasteiger partial charge in [-0.15, -0.1) is 0 Å². The predicted octanol–water partition coefficient (Wildman–Crippen LogP) is 3.45. The highest BCUT2D eigenvalue weighted by molar-refractivity contribution is 5.79. The Morgan fingerprint density at radius 3 is 2.57 bits per heavy atom. The van der Waals surface area contributed by atoms with E-state index in [-0.39, 0.29) is 30.6 Å². The average molecular weight is 490 g/mol. The lowest BCUT2D eigenvalue weighted by Crippen LogP contribution is -2.43. The van der Waals surface area contributed by atoms with Gasteiger partial charge in [0.05, 0.1) is 7.11 Å². The first kappa shape index (κ1) is 24.0. The molecule has 10 heteroatoms. The number of amides is 1. The van der Waals surface area contributed by atoms with Crippen LogP contribution < -0.4 is 15.0 Å².